The molecule has 5 heteroatoms. The molecular formula is C13H10ClF2NO. The van der Waals surface area contributed by atoms with E-state index in [1.807, 2.05) is 0 Å². The second kappa shape index (κ2) is 5.33. The number of hydrogen-bond acceptors (Lipinski definition) is 2. The van der Waals surface area contributed by atoms with Crippen molar-refractivity contribution in [2.45, 2.75) is 6.54 Å². The van der Waals surface area contributed by atoms with Gasteiger partial charge < -0.3 is 10.5 Å². The van der Waals surface area contributed by atoms with Gasteiger partial charge in [0.2, 0.25) is 0 Å². The van der Waals surface area contributed by atoms with Gasteiger partial charge >= 0.3 is 0 Å². The van der Waals surface area contributed by atoms with Crippen molar-refractivity contribution in [3.8, 4) is 11.5 Å². The largest absolute Gasteiger partial charge is 0.454 e. The van der Waals surface area contributed by atoms with Gasteiger partial charge in [-0.1, -0.05) is 17.7 Å². The van der Waals surface area contributed by atoms with Crippen LogP contribution in [0, 0.1) is 11.6 Å². The van der Waals surface area contributed by atoms with E-state index in [4.69, 9.17) is 22.1 Å². The fourth-order valence-electron chi connectivity index (χ4n) is 1.47. The lowest BCUT2D eigenvalue weighted by molar-refractivity contribution is 0.432. The zero-order chi connectivity index (χ0) is 13.1. The Balaban J connectivity index is 2.38. The van der Waals surface area contributed by atoms with Gasteiger partial charge in [-0.05, 0) is 24.3 Å². The molecule has 0 radical (unpaired) electrons. The third-order valence-corrected chi connectivity index (χ3v) is 2.60. The first-order chi connectivity index (χ1) is 8.60. The van der Waals surface area contributed by atoms with E-state index in [1.165, 1.54) is 6.07 Å². The molecule has 0 spiro atoms. The summed E-state index contributed by atoms with van der Waals surface area (Å²) in [7, 11) is 0. The maximum absolute atomic E-state index is 13.4. The summed E-state index contributed by atoms with van der Waals surface area (Å²) in [6.07, 6.45) is 0. The first-order valence-electron chi connectivity index (χ1n) is 5.21. The van der Waals surface area contributed by atoms with Crippen molar-refractivity contribution in [2.24, 2.45) is 5.73 Å². The predicted molar refractivity (Wildman–Crippen MR) is 65.8 cm³/mol. The monoisotopic (exact) mass is 269 g/mol. The number of rotatable bonds is 3. The molecule has 0 saturated carbocycles. The summed E-state index contributed by atoms with van der Waals surface area (Å²) in [4.78, 5) is 0. The zero-order valence-corrected chi connectivity index (χ0v) is 10.0. The van der Waals surface area contributed by atoms with Crippen LogP contribution in [0.4, 0.5) is 8.78 Å². The van der Waals surface area contributed by atoms with Gasteiger partial charge in [-0.15, -0.1) is 0 Å². The van der Waals surface area contributed by atoms with Gasteiger partial charge in [0.25, 0.3) is 0 Å². The molecule has 2 N–H and O–H groups in total. The van der Waals surface area contributed by atoms with Gasteiger partial charge in [0, 0.05) is 23.2 Å². The third kappa shape index (κ3) is 2.78. The Morgan fingerprint density at radius 2 is 1.83 bits per heavy atom. The van der Waals surface area contributed by atoms with E-state index in [0.29, 0.717) is 16.3 Å². The molecule has 2 aromatic rings. The molecule has 0 aliphatic carbocycles. The molecule has 2 nitrogen and oxygen atoms in total. The highest BCUT2D eigenvalue weighted by atomic mass is 35.5. The highest BCUT2D eigenvalue weighted by Gasteiger charge is 2.09. The number of nitrogens with two attached hydrogens (primary N) is 1. The van der Waals surface area contributed by atoms with Crippen LogP contribution in [-0.4, -0.2) is 0 Å². The van der Waals surface area contributed by atoms with Crippen LogP contribution in [0.25, 0.3) is 0 Å². The second-order valence-electron chi connectivity index (χ2n) is 3.63. The van der Waals surface area contributed by atoms with Gasteiger partial charge in [-0.2, -0.15) is 0 Å². The Bertz CT molecular complexity index is 575. The quantitative estimate of drug-likeness (QED) is 0.918. The Hall–Kier alpha value is -1.65. The molecule has 2 aromatic carbocycles. The van der Waals surface area contributed by atoms with E-state index in [2.05, 4.69) is 0 Å². The SMILES string of the molecule is NCc1ccc(Cl)cc1Oc1cc(F)ccc1F. The second-order valence-corrected chi connectivity index (χ2v) is 4.07. The van der Waals surface area contributed by atoms with Crippen LogP contribution in [0.15, 0.2) is 36.4 Å². The Morgan fingerprint density at radius 3 is 2.56 bits per heavy atom. The lowest BCUT2D eigenvalue weighted by Gasteiger charge is -2.11. The molecule has 0 aliphatic rings. The number of ether oxygens (including phenoxy) is 1. The summed E-state index contributed by atoms with van der Waals surface area (Å²) < 4.78 is 31.8. The predicted octanol–water partition coefficient (Wildman–Crippen LogP) is 3.87. The van der Waals surface area contributed by atoms with Crippen molar-refractivity contribution in [1.82, 2.24) is 0 Å². The lowest BCUT2D eigenvalue weighted by atomic mass is 10.2. The zero-order valence-electron chi connectivity index (χ0n) is 9.29. The Kier molecular flexibility index (Phi) is 3.79. The molecule has 2 rings (SSSR count). The molecule has 94 valence electrons. The molecule has 0 unspecified atom stereocenters. The van der Waals surface area contributed by atoms with Crippen LogP contribution >= 0.6 is 11.6 Å². The summed E-state index contributed by atoms with van der Waals surface area (Å²) in [5.74, 6) is -1.12. The molecule has 0 atom stereocenters. The van der Waals surface area contributed by atoms with Crippen LogP contribution in [0.2, 0.25) is 5.02 Å². The topological polar surface area (TPSA) is 35.2 Å². The average Bonchev–Trinajstić information content (AvgIpc) is 2.34. The van der Waals surface area contributed by atoms with Crippen molar-refractivity contribution < 1.29 is 13.5 Å². The molecule has 18 heavy (non-hydrogen) atoms. The minimum Gasteiger partial charge on any atom is -0.454 e. The molecule has 0 aliphatic heterocycles. The molecule has 0 amide bonds. The molecule has 0 bridgehead atoms. The van der Waals surface area contributed by atoms with E-state index >= 15 is 0 Å². The van der Waals surface area contributed by atoms with Crippen LogP contribution in [0.5, 0.6) is 11.5 Å². The minimum atomic E-state index is -0.653. The maximum Gasteiger partial charge on any atom is 0.165 e. The summed E-state index contributed by atoms with van der Waals surface area (Å²) >= 11 is 5.82. The van der Waals surface area contributed by atoms with Crippen LogP contribution in [0.3, 0.4) is 0 Å². The van der Waals surface area contributed by atoms with Crippen LogP contribution in [-0.2, 0) is 6.54 Å². The van der Waals surface area contributed by atoms with Gasteiger partial charge in [0.1, 0.15) is 11.6 Å². The summed E-state index contributed by atoms with van der Waals surface area (Å²) in [5, 5.41) is 0.430. The smallest absolute Gasteiger partial charge is 0.165 e. The van der Waals surface area contributed by atoms with Crippen molar-refractivity contribution in [2.75, 3.05) is 0 Å². The highest BCUT2D eigenvalue weighted by Crippen LogP contribution is 2.30. The molecule has 0 fully saturated rings. The van der Waals surface area contributed by atoms with Crippen LogP contribution < -0.4 is 10.5 Å². The van der Waals surface area contributed by atoms with Crippen molar-refractivity contribution >= 4 is 11.6 Å². The van der Waals surface area contributed by atoms with Gasteiger partial charge in [-0.3, -0.25) is 0 Å². The first kappa shape index (κ1) is 12.8. The summed E-state index contributed by atoms with van der Waals surface area (Å²) in [6, 6.07) is 7.82. The summed E-state index contributed by atoms with van der Waals surface area (Å²) in [5.41, 5.74) is 6.19. The van der Waals surface area contributed by atoms with Crippen molar-refractivity contribution in [3.63, 3.8) is 0 Å². The maximum atomic E-state index is 13.4. The Labute approximate surface area is 108 Å². The number of benzene rings is 2. The van der Waals surface area contributed by atoms with E-state index < -0.39 is 11.6 Å². The van der Waals surface area contributed by atoms with E-state index in [1.54, 1.807) is 12.1 Å². The lowest BCUT2D eigenvalue weighted by Crippen LogP contribution is -2.00. The van der Waals surface area contributed by atoms with E-state index in [0.717, 1.165) is 18.2 Å². The first-order valence-corrected chi connectivity index (χ1v) is 5.59. The minimum absolute atomic E-state index is 0.202. The average molecular weight is 270 g/mol. The normalized spacial score (nSPS) is 10.4. The number of hydrogen-bond donors (Lipinski definition) is 1. The fraction of sp³-hybridized carbons (Fsp3) is 0.0769. The highest BCUT2D eigenvalue weighted by molar-refractivity contribution is 6.30. The van der Waals surface area contributed by atoms with Gasteiger partial charge in [0.05, 0.1) is 0 Å². The summed E-state index contributed by atoms with van der Waals surface area (Å²) in [6.45, 7) is 0.212. The standard InChI is InChI=1S/C13H10ClF2NO/c14-9-2-1-8(7-17)12(5-9)18-13-6-10(15)3-4-11(13)16/h1-6H,7,17H2. The molecule has 0 aromatic heterocycles. The number of halogens is 3. The molecule has 0 heterocycles. The van der Waals surface area contributed by atoms with Crippen LogP contribution in [0.1, 0.15) is 5.56 Å². The molecular weight excluding hydrogens is 260 g/mol. The molecule has 0 saturated heterocycles. The van der Waals surface area contributed by atoms with E-state index in [-0.39, 0.29) is 12.3 Å². The fourth-order valence-corrected chi connectivity index (χ4v) is 1.63. The van der Waals surface area contributed by atoms with Gasteiger partial charge in [-0.25, -0.2) is 8.78 Å². The Morgan fingerprint density at radius 1 is 1.06 bits per heavy atom. The van der Waals surface area contributed by atoms with Crippen molar-refractivity contribution in [3.05, 3.63) is 58.6 Å². The van der Waals surface area contributed by atoms with Gasteiger partial charge in [0.15, 0.2) is 11.6 Å². The van der Waals surface area contributed by atoms with Crippen molar-refractivity contribution in [1.29, 1.82) is 0 Å². The van der Waals surface area contributed by atoms with E-state index in [9.17, 15) is 8.78 Å². The third-order valence-electron chi connectivity index (χ3n) is 2.36.